The Morgan fingerprint density at radius 1 is 1.69 bits per heavy atom. The number of allylic oxidation sites excluding steroid dienone is 2. The van der Waals surface area contributed by atoms with Crippen molar-refractivity contribution in [3.63, 3.8) is 0 Å². The van der Waals surface area contributed by atoms with Gasteiger partial charge in [0, 0.05) is 0 Å². The molecule has 1 unspecified atom stereocenters. The summed E-state index contributed by atoms with van der Waals surface area (Å²) in [4.78, 5) is 10.9. The molecule has 2 rings (SSSR count). The molecule has 0 aromatic carbocycles. The minimum absolute atomic E-state index is 0.608. The van der Waals surface area contributed by atoms with Crippen LogP contribution >= 0.6 is 0 Å². The van der Waals surface area contributed by atoms with Crippen molar-refractivity contribution in [3.8, 4) is 0 Å². The zero-order chi connectivity index (χ0) is 9.47. The molecule has 0 aromatic rings. The second-order valence-corrected chi connectivity index (χ2v) is 3.90. The van der Waals surface area contributed by atoms with Crippen LogP contribution in [0.15, 0.2) is 23.9 Å². The van der Waals surface area contributed by atoms with Gasteiger partial charge in [0.25, 0.3) is 0 Å². The van der Waals surface area contributed by atoms with Crippen LogP contribution in [0.5, 0.6) is 0 Å². The summed E-state index contributed by atoms with van der Waals surface area (Å²) in [6.45, 7) is 1.68. The first-order chi connectivity index (χ1) is 6.12. The van der Waals surface area contributed by atoms with Crippen molar-refractivity contribution in [1.82, 2.24) is 5.32 Å². The highest BCUT2D eigenvalue weighted by Crippen LogP contribution is 2.38. The molecule has 1 saturated carbocycles. The molecule has 2 N–H and O–H groups in total. The van der Waals surface area contributed by atoms with Crippen LogP contribution in [0, 0.1) is 5.92 Å². The number of nitrogens with one attached hydrogen (secondary N) is 1. The molecule has 1 aliphatic carbocycles. The Hall–Kier alpha value is -1.25. The van der Waals surface area contributed by atoms with Crippen LogP contribution in [0.4, 0.5) is 0 Å². The number of carbonyl (C=O) groups is 1. The lowest BCUT2D eigenvalue weighted by molar-refractivity contribution is -0.141. The summed E-state index contributed by atoms with van der Waals surface area (Å²) in [7, 11) is 0. The monoisotopic (exact) mass is 179 g/mol. The van der Waals surface area contributed by atoms with Gasteiger partial charge in [-0.1, -0.05) is 0 Å². The first-order valence-corrected chi connectivity index (χ1v) is 4.52. The smallest absolute Gasteiger partial charge is 0.333 e. The molecule has 3 heteroatoms. The van der Waals surface area contributed by atoms with Gasteiger partial charge in [-0.2, -0.15) is 0 Å². The van der Waals surface area contributed by atoms with Crippen LogP contribution in [-0.4, -0.2) is 16.6 Å². The average molecular weight is 179 g/mol. The van der Waals surface area contributed by atoms with Crippen molar-refractivity contribution in [1.29, 1.82) is 0 Å². The van der Waals surface area contributed by atoms with Crippen LogP contribution in [-0.2, 0) is 4.79 Å². The molecule has 1 heterocycles. The van der Waals surface area contributed by atoms with Crippen molar-refractivity contribution in [2.45, 2.75) is 25.3 Å². The fourth-order valence-corrected chi connectivity index (χ4v) is 1.53. The highest BCUT2D eigenvalue weighted by molar-refractivity contribution is 5.82. The molecule has 2 aliphatic rings. The minimum Gasteiger partial charge on any atom is -0.479 e. The largest absolute Gasteiger partial charge is 0.479 e. The van der Waals surface area contributed by atoms with E-state index in [0.717, 1.165) is 0 Å². The van der Waals surface area contributed by atoms with Gasteiger partial charge in [0.15, 0.2) is 5.54 Å². The Kier molecular flexibility index (Phi) is 1.68. The highest BCUT2D eigenvalue weighted by Gasteiger charge is 2.35. The normalized spacial score (nSPS) is 32.2. The topological polar surface area (TPSA) is 49.3 Å². The number of carboxylic acid groups (broad SMARTS) is 1. The fourth-order valence-electron chi connectivity index (χ4n) is 1.53. The molecule has 70 valence electrons. The van der Waals surface area contributed by atoms with E-state index in [0.29, 0.717) is 5.92 Å². The third kappa shape index (κ3) is 1.46. The summed E-state index contributed by atoms with van der Waals surface area (Å²) in [6.07, 6.45) is 7.94. The maximum absolute atomic E-state index is 10.9. The van der Waals surface area contributed by atoms with Crippen LogP contribution in [0.1, 0.15) is 19.8 Å². The van der Waals surface area contributed by atoms with E-state index in [-0.39, 0.29) is 0 Å². The maximum Gasteiger partial charge on any atom is 0.333 e. The Morgan fingerprint density at radius 3 is 2.92 bits per heavy atom. The second-order valence-electron chi connectivity index (χ2n) is 3.90. The number of dihydropyridines is 1. The average Bonchev–Trinajstić information content (AvgIpc) is 2.86. The molecule has 1 aliphatic heterocycles. The summed E-state index contributed by atoms with van der Waals surface area (Å²) in [5.74, 6) is -0.216. The van der Waals surface area contributed by atoms with Crippen LogP contribution < -0.4 is 5.32 Å². The summed E-state index contributed by atoms with van der Waals surface area (Å²) in [6, 6.07) is 0. The van der Waals surface area contributed by atoms with Crippen molar-refractivity contribution >= 4 is 5.97 Å². The Labute approximate surface area is 77.1 Å². The van der Waals surface area contributed by atoms with Gasteiger partial charge < -0.3 is 10.4 Å². The zero-order valence-corrected chi connectivity index (χ0v) is 7.58. The van der Waals surface area contributed by atoms with Crippen LogP contribution in [0.25, 0.3) is 0 Å². The first kappa shape index (κ1) is 8.35. The summed E-state index contributed by atoms with van der Waals surface area (Å²) in [5.41, 5.74) is 0.260. The third-order valence-corrected chi connectivity index (χ3v) is 2.61. The minimum atomic E-state index is -0.910. The van der Waals surface area contributed by atoms with Crippen molar-refractivity contribution in [3.05, 3.63) is 23.9 Å². The number of carboxylic acids is 1. The van der Waals surface area contributed by atoms with Gasteiger partial charge in [-0.25, -0.2) is 4.79 Å². The molecule has 3 nitrogen and oxygen atoms in total. The van der Waals surface area contributed by atoms with Crippen LogP contribution in [0.3, 0.4) is 0 Å². The van der Waals surface area contributed by atoms with E-state index in [1.165, 1.54) is 18.4 Å². The Balaban J connectivity index is 2.24. The number of aliphatic carboxylic acids is 1. The highest BCUT2D eigenvalue weighted by atomic mass is 16.4. The molecular formula is C10H13NO2. The second kappa shape index (κ2) is 2.62. The van der Waals surface area contributed by atoms with Gasteiger partial charge in [0.1, 0.15) is 0 Å². The van der Waals surface area contributed by atoms with E-state index in [4.69, 9.17) is 5.11 Å². The molecule has 0 radical (unpaired) electrons. The standard InChI is InChI=1S/C10H13NO2/c1-10(9(12)13)6-8(4-5-11-10)7-2-3-7/h4-7,11H,2-3H2,1H3,(H,12,13). The van der Waals surface area contributed by atoms with Crippen molar-refractivity contribution in [2.24, 2.45) is 5.92 Å². The SMILES string of the molecule is CC1(C(=O)O)C=C(C2CC2)C=CN1. The van der Waals surface area contributed by atoms with Gasteiger partial charge in [0.05, 0.1) is 0 Å². The fraction of sp³-hybridized carbons (Fsp3) is 0.500. The van der Waals surface area contributed by atoms with Gasteiger partial charge in [-0.15, -0.1) is 0 Å². The van der Waals surface area contributed by atoms with E-state index in [2.05, 4.69) is 5.32 Å². The lowest BCUT2D eigenvalue weighted by Gasteiger charge is -2.25. The molecule has 1 atom stereocenters. The number of hydrogen-bond donors (Lipinski definition) is 2. The molecule has 1 fully saturated rings. The van der Waals surface area contributed by atoms with E-state index < -0.39 is 11.5 Å². The van der Waals surface area contributed by atoms with E-state index in [9.17, 15) is 4.79 Å². The third-order valence-electron chi connectivity index (χ3n) is 2.61. The Morgan fingerprint density at radius 2 is 2.38 bits per heavy atom. The van der Waals surface area contributed by atoms with E-state index in [1.807, 2.05) is 12.2 Å². The zero-order valence-electron chi connectivity index (χ0n) is 7.58. The van der Waals surface area contributed by atoms with E-state index >= 15 is 0 Å². The van der Waals surface area contributed by atoms with Crippen LogP contribution in [0.2, 0.25) is 0 Å². The summed E-state index contributed by atoms with van der Waals surface area (Å²) in [5, 5.41) is 11.8. The van der Waals surface area contributed by atoms with Crippen molar-refractivity contribution in [2.75, 3.05) is 0 Å². The summed E-state index contributed by atoms with van der Waals surface area (Å²) < 4.78 is 0. The maximum atomic E-state index is 10.9. The van der Waals surface area contributed by atoms with Gasteiger partial charge >= 0.3 is 5.97 Å². The first-order valence-electron chi connectivity index (χ1n) is 4.52. The lowest BCUT2D eigenvalue weighted by atomic mass is 9.94. The molecule has 0 aromatic heterocycles. The van der Waals surface area contributed by atoms with Crippen molar-refractivity contribution < 1.29 is 9.90 Å². The molecule has 0 bridgehead atoms. The number of rotatable bonds is 2. The van der Waals surface area contributed by atoms with Gasteiger partial charge in [0.2, 0.25) is 0 Å². The van der Waals surface area contributed by atoms with Gasteiger partial charge in [-0.3, -0.25) is 0 Å². The Bertz CT molecular complexity index is 302. The predicted octanol–water partition coefficient (Wildman–Crippen LogP) is 1.28. The molecule has 0 spiro atoms. The molecular weight excluding hydrogens is 166 g/mol. The number of hydrogen-bond acceptors (Lipinski definition) is 2. The van der Waals surface area contributed by atoms with Gasteiger partial charge in [-0.05, 0) is 49.6 Å². The summed E-state index contributed by atoms with van der Waals surface area (Å²) >= 11 is 0. The predicted molar refractivity (Wildman–Crippen MR) is 49.1 cm³/mol. The van der Waals surface area contributed by atoms with E-state index in [1.54, 1.807) is 13.1 Å². The molecule has 0 saturated heterocycles. The quantitative estimate of drug-likeness (QED) is 0.671. The lowest BCUT2D eigenvalue weighted by Crippen LogP contribution is -2.46. The molecule has 13 heavy (non-hydrogen) atoms. The molecule has 0 amide bonds.